The van der Waals surface area contributed by atoms with Gasteiger partial charge in [-0.05, 0) is 37.4 Å². The topological polar surface area (TPSA) is 41.6 Å². The van der Waals surface area contributed by atoms with E-state index in [1.165, 1.54) is 0 Å². The fraction of sp³-hybridized carbons (Fsp3) is 0.562. The van der Waals surface area contributed by atoms with Gasteiger partial charge in [0.25, 0.3) is 0 Å². The van der Waals surface area contributed by atoms with E-state index in [2.05, 4.69) is 5.32 Å². The number of benzene rings is 1. The Morgan fingerprint density at radius 1 is 1.33 bits per heavy atom. The number of ether oxygens (including phenoxy) is 1. The molecule has 2 unspecified atom stereocenters. The van der Waals surface area contributed by atoms with E-state index >= 15 is 0 Å². The van der Waals surface area contributed by atoms with Crippen LogP contribution >= 0.6 is 12.4 Å². The molecule has 0 radical (unpaired) electrons. The summed E-state index contributed by atoms with van der Waals surface area (Å²) in [7, 11) is 1.65. The molecule has 2 atom stereocenters. The van der Waals surface area contributed by atoms with Gasteiger partial charge >= 0.3 is 0 Å². The van der Waals surface area contributed by atoms with Gasteiger partial charge < -0.3 is 15.0 Å². The summed E-state index contributed by atoms with van der Waals surface area (Å²) in [6.45, 7) is 3.99. The molecule has 1 amide bonds. The summed E-state index contributed by atoms with van der Waals surface area (Å²) in [5.74, 6) is 2.44. The van der Waals surface area contributed by atoms with Gasteiger partial charge in [0.15, 0.2) is 0 Å². The second-order valence-corrected chi connectivity index (χ2v) is 5.80. The molecular weight excluding hydrogens is 288 g/mol. The number of methoxy groups -OCH3 is 1. The van der Waals surface area contributed by atoms with Crippen molar-refractivity contribution in [1.82, 2.24) is 10.2 Å². The highest BCUT2D eigenvalue weighted by Crippen LogP contribution is 2.27. The number of nitrogens with one attached hydrogen (secondary N) is 1. The summed E-state index contributed by atoms with van der Waals surface area (Å²) in [5, 5.41) is 3.43. The summed E-state index contributed by atoms with van der Waals surface area (Å²) in [6.07, 6.45) is 1.57. The van der Waals surface area contributed by atoms with Gasteiger partial charge in [0.05, 0.1) is 13.5 Å². The van der Waals surface area contributed by atoms with Crippen LogP contribution in [-0.4, -0.2) is 44.1 Å². The van der Waals surface area contributed by atoms with Crippen LogP contribution in [0.3, 0.4) is 0 Å². The van der Waals surface area contributed by atoms with Crippen molar-refractivity contribution in [3.63, 3.8) is 0 Å². The Bertz CT molecular complexity index is 495. The first-order valence-corrected chi connectivity index (χ1v) is 7.38. The molecule has 2 heterocycles. The van der Waals surface area contributed by atoms with Crippen molar-refractivity contribution in [2.24, 2.45) is 11.8 Å². The predicted octanol–water partition coefficient (Wildman–Crippen LogP) is 1.73. The number of fused-ring (bicyclic) bond motifs is 1. The normalized spacial score (nSPS) is 24.1. The number of likely N-dealkylation sites (tertiary alicyclic amines) is 1. The van der Waals surface area contributed by atoms with Crippen molar-refractivity contribution in [1.29, 1.82) is 0 Å². The second-order valence-electron chi connectivity index (χ2n) is 5.80. The van der Waals surface area contributed by atoms with E-state index in [1.807, 2.05) is 29.2 Å². The zero-order valence-electron chi connectivity index (χ0n) is 12.4. The average molecular weight is 311 g/mol. The van der Waals surface area contributed by atoms with Crippen molar-refractivity contribution >= 4 is 18.3 Å². The van der Waals surface area contributed by atoms with Crippen LogP contribution in [0, 0.1) is 11.8 Å². The largest absolute Gasteiger partial charge is 0.496 e. The summed E-state index contributed by atoms with van der Waals surface area (Å²) in [5.41, 5.74) is 0.978. The maximum Gasteiger partial charge on any atom is 0.227 e. The Labute approximate surface area is 132 Å². The molecule has 116 valence electrons. The SMILES string of the molecule is COc1ccccc1CC(=O)N1CCC2CNCC2C1.Cl. The molecule has 1 aromatic rings. The van der Waals surface area contributed by atoms with Crippen molar-refractivity contribution in [2.75, 3.05) is 33.3 Å². The molecule has 21 heavy (non-hydrogen) atoms. The van der Waals surface area contributed by atoms with Crippen LogP contribution in [0.4, 0.5) is 0 Å². The molecule has 1 N–H and O–H groups in total. The third kappa shape index (κ3) is 3.50. The van der Waals surface area contributed by atoms with Gasteiger partial charge in [0, 0.05) is 18.7 Å². The second kappa shape index (κ2) is 7.14. The van der Waals surface area contributed by atoms with E-state index in [1.54, 1.807) is 7.11 Å². The summed E-state index contributed by atoms with van der Waals surface area (Å²) >= 11 is 0. The highest BCUT2D eigenvalue weighted by Gasteiger charge is 2.34. The van der Waals surface area contributed by atoms with Crippen molar-refractivity contribution in [3.05, 3.63) is 29.8 Å². The lowest BCUT2D eigenvalue weighted by Gasteiger charge is -2.34. The Kier molecular flexibility index (Phi) is 5.48. The standard InChI is InChI=1S/C16H22N2O2.ClH/c1-20-15-5-3-2-4-12(15)8-16(19)18-7-6-13-9-17-10-14(13)11-18;/h2-5,13-14,17H,6-11H2,1H3;1H. The molecule has 3 rings (SSSR count). The third-order valence-corrected chi connectivity index (χ3v) is 4.59. The number of nitrogens with zero attached hydrogens (tertiary/aromatic N) is 1. The zero-order valence-corrected chi connectivity index (χ0v) is 13.2. The molecule has 0 aliphatic carbocycles. The number of carbonyl (C=O) groups is 1. The van der Waals surface area contributed by atoms with Crippen LogP contribution in [0.5, 0.6) is 5.75 Å². The Balaban J connectivity index is 0.00000161. The van der Waals surface area contributed by atoms with Crippen LogP contribution in [0.25, 0.3) is 0 Å². The first-order chi connectivity index (χ1) is 9.78. The molecule has 2 fully saturated rings. The van der Waals surface area contributed by atoms with Crippen LogP contribution in [0.2, 0.25) is 0 Å². The first-order valence-electron chi connectivity index (χ1n) is 7.38. The van der Waals surface area contributed by atoms with Gasteiger partial charge in [-0.1, -0.05) is 18.2 Å². The fourth-order valence-corrected chi connectivity index (χ4v) is 3.39. The number of amides is 1. The number of hydrogen-bond acceptors (Lipinski definition) is 3. The molecular formula is C16H23ClN2O2. The van der Waals surface area contributed by atoms with Gasteiger partial charge in [0.1, 0.15) is 5.75 Å². The minimum absolute atomic E-state index is 0. The number of hydrogen-bond donors (Lipinski definition) is 1. The zero-order chi connectivity index (χ0) is 13.9. The predicted molar refractivity (Wildman–Crippen MR) is 85.0 cm³/mol. The van der Waals surface area contributed by atoms with Crippen molar-refractivity contribution < 1.29 is 9.53 Å². The highest BCUT2D eigenvalue weighted by atomic mass is 35.5. The highest BCUT2D eigenvalue weighted by molar-refractivity contribution is 5.85. The lowest BCUT2D eigenvalue weighted by atomic mass is 9.88. The van der Waals surface area contributed by atoms with Gasteiger partial charge in [0.2, 0.25) is 5.91 Å². The maximum atomic E-state index is 12.5. The smallest absolute Gasteiger partial charge is 0.227 e. The summed E-state index contributed by atoms with van der Waals surface area (Å²) in [6, 6.07) is 7.77. The van der Waals surface area contributed by atoms with Crippen LogP contribution in [0.15, 0.2) is 24.3 Å². The van der Waals surface area contributed by atoms with Crippen LogP contribution in [-0.2, 0) is 11.2 Å². The summed E-state index contributed by atoms with van der Waals surface area (Å²) < 4.78 is 5.32. The number of piperidine rings is 1. The Morgan fingerprint density at radius 2 is 2.10 bits per heavy atom. The molecule has 5 heteroatoms. The minimum Gasteiger partial charge on any atom is -0.496 e. The first kappa shape index (κ1) is 16.1. The van der Waals surface area contributed by atoms with Crippen LogP contribution in [0.1, 0.15) is 12.0 Å². The maximum absolute atomic E-state index is 12.5. The summed E-state index contributed by atoms with van der Waals surface area (Å²) in [4.78, 5) is 14.5. The molecule has 4 nitrogen and oxygen atoms in total. The van der Waals surface area contributed by atoms with Gasteiger partial charge in [-0.2, -0.15) is 0 Å². The Morgan fingerprint density at radius 3 is 2.90 bits per heavy atom. The van der Waals surface area contributed by atoms with Gasteiger partial charge in [-0.3, -0.25) is 4.79 Å². The van der Waals surface area contributed by atoms with E-state index in [9.17, 15) is 4.79 Å². The minimum atomic E-state index is 0. The Hall–Kier alpha value is -1.26. The molecule has 2 aliphatic heterocycles. The van der Waals surface area contributed by atoms with Gasteiger partial charge in [-0.25, -0.2) is 0 Å². The fourth-order valence-electron chi connectivity index (χ4n) is 3.39. The average Bonchev–Trinajstić information content (AvgIpc) is 2.95. The third-order valence-electron chi connectivity index (χ3n) is 4.59. The van der Waals surface area contributed by atoms with Crippen LogP contribution < -0.4 is 10.1 Å². The lowest BCUT2D eigenvalue weighted by Crippen LogP contribution is -2.44. The number of para-hydroxylation sites is 1. The van der Waals surface area contributed by atoms with E-state index < -0.39 is 0 Å². The molecule has 1 aromatic carbocycles. The number of carbonyl (C=O) groups excluding carboxylic acids is 1. The molecule has 0 bridgehead atoms. The quantitative estimate of drug-likeness (QED) is 0.924. The molecule has 2 aliphatic rings. The van der Waals surface area contributed by atoms with Crippen molar-refractivity contribution in [3.8, 4) is 5.75 Å². The van der Waals surface area contributed by atoms with Gasteiger partial charge in [-0.15, -0.1) is 12.4 Å². The molecule has 2 saturated heterocycles. The van der Waals surface area contributed by atoms with E-state index in [0.717, 1.165) is 49.8 Å². The van der Waals surface area contributed by atoms with E-state index in [4.69, 9.17) is 4.74 Å². The molecule has 0 spiro atoms. The van der Waals surface area contributed by atoms with E-state index in [-0.39, 0.29) is 18.3 Å². The monoisotopic (exact) mass is 310 g/mol. The number of halogens is 1. The number of rotatable bonds is 3. The molecule has 0 aromatic heterocycles. The molecule has 0 saturated carbocycles. The van der Waals surface area contributed by atoms with E-state index in [0.29, 0.717) is 12.3 Å². The van der Waals surface area contributed by atoms with Crippen molar-refractivity contribution in [2.45, 2.75) is 12.8 Å². The lowest BCUT2D eigenvalue weighted by molar-refractivity contribution is -0.132.